The third-order valence-corrected chi connectivity index (χ3v) is 5.49. The van der Waals surface area contributed by atoms with Crippen molar-refractivity contribution in [3.8, 4) is 0 Å². The van der Waals surface area contributed by atoms with Gasteiger partial charge in [0.1, 0.15) is 15.7 Å². The summed E-state index contributed by atoms with van der Waals surface area (Å²) in [5, 5.41) is 2.45. The highest BCUT2D eigenvalue weighted by Crippen LogP contribution is 2.23. The molecule has 1 fully saturated rings. The first-order chi connectivity index (χ1) is 10.3. The Balaban J connectivity index is 1.92. The van der Waals surface area contributed by atoms with Crippen molar-refractivity contribution >= 4 is 21.8 Å². The first-order valence-corrected chi connectivity index (χ1v) is 9.23. The number of benzene rings is 1. The van der Waals surface area contributed by atoms with E-state index >= 15 is 0 Å². The van der Waals surface area contributed by atoms with Crippen LogP contribution in [0.4, 0.5) is 4.39 Å². The molecule has 0 saturated heterocycles. The molecule has 22 heavy (non-hydrogen) atoms. The van der Waals surface area contributed by atoms with E-state index in [0.717, 1.165) is 12.8 Å². The van der Waals surface area contributed by atoms with E-state index in [4.69, 9.17) is 0 Å². The fourth-order valence-corrected chi connectivity index (χ4v) is 3.87. The van der Waals surface area contributed by atoms with Gasteiger partial charge < -0.3 is 5.32 Å². The van der Waals surface area contributed by atoms with Crippen molar-refractivity contribution in [1.82, 2.24) is 5.32 Å². The van der Waals surface area contributed by atoms with Gasteiger partial charge >= 0.3 is 0 Å². The molecule has 1 aromatic carbocycles. The molecule has 2 rings (SSSR count). The number of hydrogen-bond donors (Lipinski definition) is 1. The maximum Gasteiger partial charge on any atom is 0.244 e. The molecule has 2 atom stereocenters. The van der Waals surface area contributed by atoms with E-state index in [-0.39, 0.29) is 23.0 Å². The Morgan fingerprint density at radius 2 is 2.14 bits per heavy atom. The monoisotopic (exact) mass is 325 g/mol. The summed E-state index contributed by atoms with van der Waals surface area (Å²) in [7, 11) is -3.07. The van der Waals surface area contributed by atoms with Crippen molar-refractivity contribution in [2.24, 2.45) is 0 Å². The summed E-state index contributed by atoms with van der Waals surface area (Å²) in [6.45, 7) is 0. The van der Waals surface area contributed by atoms with Crippen molar-refractivity contribution < 1.29 is 17.6 Å². The molecule has 1 saturated carbocycles. The minimum atomic E-state index is -3.07. The van der Waals surface area contributed by atoms with Gasteiger partial charge in [0.15, 0.2) is 0 Å². The third kappa shape index (κ3) is 4.94. The molecule has 0 spiro atoms. The van der Waals surface area contributed by atoms with Crippen molar-refractivity contribution in [2.75, 3.05) is 6.26 Å². The maximum absolute atomic E-state index is 13.0. The highest BCUT2D eigenvalue weighted by atomic mass is 32.2. The number of amides is 1. The number of sulfone groups is 1. The molecule has 0 bridgehead atoms. The molecule has 1 aromatic rings. The molecule has 1 N–H and O–H groups in total. The Labute approximate surface area is 130 Å². The number of hydrogen-bond acceptors (Lipinski definition) is 3. The molecule has 1 aliphatic carbocycles. The van der Waals surface area contributed by atoms with Crippen LogP contribution in [0.15, 0.2) is 30.3 Å². The summed E-state index contributed by atoms with van der Waals surface area (Å²) in [5.41, 5.74) is 0.604. The highest BCUT2D eigenvalue weighted by molar-refractivity contribution is 7.91. The Bertz CT molecular complexity index is 670. The lowest BCUT2D eigenvalue weighted by Gasteiger charge is -2.28. The summed E-state index contributed by atoms with van der Waals surface area (Å²) in [4.78, 5) is 11.9. The molecule has 6 heteroatoms. The lowest BCUT2D eigenvalue weighted by Crippen LogP contribution is -2.41. The van der Waals surface area contributed by atoms with E-state index in [1.54, 1.807) is 12.1 Å². The van der Waals surface area contributed by atoms with Crippen LogP contribution in [0.25, 0.3) is 6.08 Å². The van der Waals surface area contributed by atoms with E-state index in [0.29, 0.717) is 18.4 Å². The van der Waals surface area contributed by atoms with Gasteiger partial charge in [0.2, 0.25) is 5.91 Å². The van der Waals surface area contributed by atoms with Crippen LogP contribution >= 0.6 is 0 Å². The van der Waals surface area contributed by atoms with Gasteiger partial charge in [-0.1, -0.05) is 18.6 Å². The number of carbonyl (C=O) groups is 1. The Morgan fingerprint density at radius 3 is 2.82 bits per heavy atom. The van der Waals surface area contributed by atoms with E-state index in [1.807, 2.05) is 0 Å². The SMILES string of the molecule is CS(=O)(=O)[C@H]1CCC[C@H](NC(=O)/C=C/c2cccc(F)c2)C1. The average Bonchev–Trinajstić information content (AvgIpc) is 2.45. The van der Waals surface area contributed by atoms with Crippen LogP contribution in [0.5, 0.6) is 0 Å². The fourth-order valence-electron chi connectivity index (χ4n) is 2.70. The number of carbonyl (C=O) groups excluding carboxylic acids is 1. The molecule has 0 aliphatic heterocycles. The molecule has 0 unspecified atom stereocenters. The van der Waals surface area contributed by atoms with Gasteiger partial charge in [-0.15, -0.1) is 0 Å². The first kappa shape index (κ1) is 16.7. The average molecular weight is 325 g/mol. The summed E-state index contributed by atoms with van der Waals surface area (Å²) in [6, 6.07) is 5.82. The van der Waals surface area contributed by atoms with Crippen molar-refractivity contribution in [3.63, 3.8) is 0 Å². The third-order valence-electron chi connectivity index (χ3n) is 3.85. The van der Waals surface area contributed by atoms with Crippen LogP contribution < -0.4 is 5.32 Å². The zero-order valence-electron chi connectivity index (χ0n) is 12.5. The van der Waals surface area contributed by atoms with Crippen LogP contribution in [-0.2, 0) is 14.6 Å². The smallest absolute Gasteiger partial charge is 0.244 e. The second-order valence-electron chi connectivity index (χ2n) is 5.71. The maximum atomic E-state index is 13.0. The summed E-state index contributed by atoms with van der Waals surface area (Å²) < 4.78 is 36.2. The highest BCUT2D eigenvalue weighted by Gasteiger charge is 2.29. The Kier molecular flexibility index (Phi) is 5.34. The quantitative estimate of drug-likeness (QED) is 0.864. The predicted molar refractivity (Wildman–Crippen MR) is 84.5 cm³/mol. The molecule has 1 aliphatic rings. The lowest BCUT2D eigenvalue weighted by atomic mass is 9.95. The van der Waals surface area contributed by atoms with E-state index in [9.17, 15) is 17.6 Å². The number of rotatable bonds is 4. The van der Waals surface area contributed by atoms with Crippen LogP contribution in [0, 0.1) is 5.82 Å². The van der Waals surface area contributed by atoms with Crippen LogP contribution in [0.3, 0.4) is 0 Å². The molecular formula is C16H20FNO3S. The predicted octanol–water partition coefficient (Wildman–Crippen LogP) is 2.31. The molecule has 0 aromatic heterocycles. The lowest BCUT2D eigenvalue weighted by molar-refractivity contribution is -0.117. The molecular weight excluding hydrogens is 305 g/mol. The second kappa shape index (κ2) is 7.05. The zero-order chi connectivity index (χ0) is 16.2. The van der Waals surface area contributed by atoms with Gasteiger partial charge in [-0.25, -0.2) is 12.8 Å². The van der Waals surface area contributed by atoms with Crippen LogP contribution in [-0.4, -0.2) is 31.9 Å². The number of nitrogens with one attached hydrogen (secondary N) is 1. The van der Waals surface area contributed by atoms with Crippen molar-refractivity contribution in [3.05, 3.63) is 41.7 Å². The van der Waals surface area contributed by atoms with Gasteiger partial charge in [0.25, 0.3) is 0 Å². The minimum Gasteiger partial charge on any atom is -0.350 e. The number of halogens is 1. The molecule has 0 radical (unpaired) electrons. The van der Waals surface area contributed by atoms with Gasteiger partial charge in [-0.2, -0.15) is 0 Å². The van der Waals surface area contributed by atoms with E-state index in [2.05, 4.69) is 5.32 Å². The second-order valence-corrected chi connectivity index (χ2v) is 8.04. The van der Waals surface area contributed by atoms with Crippen LogP contribution in [0.2, 0.25) is 0 Å². The molecule has 0 heterocycles. The first-order valence-electron chi connectivity index (χ1n) is 7.27. The Hall–Kier alpha value is -1.69. The molecule has 4 nitrogen and oxygen atoms in total. The van der Waals surface area contributed by atoms with Crippen molar-refractivity contribution in [1.29, 1.82) is 0 Å². The van der Waals surface area contributed by atoms with E-state index < -0.39 is 9.84 Å². The van der Waals surface area contributed by atoms with Gasteiger partial charge in [-0.3, -0.25) is 4.79 Å². The zero-order valence-corrected chi connectivity index (χ0v) is 13.3. The van der Waals surface area contributed by atoms with E-state index in [1.165, 1.54) is 30.5 Å². The summed E-state index contributed by atoms with van der Waals surface area (Å²) in [6.07, 6.45) is 6.81. The summed E-state index contributed by atoms with van der Waals surface area (Å²) in [5.74, 6) is -0.644. The summed E-state index contributed by atoms with van der Waals surface area (Å²) >= 11 is 0. The largest absolute Gasteiger partial charge is 0.350 e. The molecule has 120 valence electrons. The Morgan fingerprint density at radius 1 is 1.36 bits per heavy atom. The van der Waals surface area contributed by atoms with Crippen LogP contribution in [0.1, 0.15) is 31.2 Å². The van der Waals surface area contributed by atoms with Gasteiger partial charge in [0, 0.05) is 18.4 Å². The molecule has 1 amide bonds. The van der Waals surface area contributed by atoms with Gasteiger partial charge in [-0.05, 0) is 43.0 Å². The normalized spacial score (nSPS) is 22.6. The minimum absolute atomic E-state index is 0.127. The topological polar surface area (TPSA) is 63.2 Å². The standard InChI is InChI=1S/C16H20FNO3S/c1-22(20,21)15-7-3-6-14(11-15)18-16(19)9-8-12-4-2-5-13(17)10-12/h2,4-5,8-10,14-15H,3,6-7,11H2,1H3,(H,18,19)/b9-8+/t14-,15-/m0/s1. The van der Waals surface area contributed by atoms with Gasteiger partial charge in [0.05, 0.1) is 5.25 Å². The van der Waals surface area contributed by atoms with Crippen molar-refractivity contribution in [2.45, 2.75) is 37.0 Å². The fraction of sp³-hybridized carbons (Fsp3) is 0.438.